The normalized spacial score (nSPS) is 12.7. The molecule has 3 aromatic carbocycles. The topological polar surface area (TPSA) is 93.5 Å². The lowest BCUT2D eigenvalue weighted by atomic mass is 10.2. The van der Waals surface area contributed by atoms with E-state index in [4.69, 9.17) is 4.74 Å². The average molecular weight is 433 g/mol. The SMILES string of the molecule is COc1cccc(C(=O)Nc2ccc(-n3ccnc3P(=O)(O)c3ccccc3)cc2)c1. The Bertz CT molecular complexity index is 1250. The predicted molar refractivity (Wildman–Crippen MR) is 120 cm³/mol. The largest absolute Gasteiger partial charge is 0.497 e. The van der Waals surface area contributed by atoms with Crippen LogP contribution in [-0.4, -0.2) is 27.5 Å². The number of methoxy groups -OCH3 is 1. The van der Waals surface area contributed by atoms with Crippen molar-refractivity contribution >= 4 is 29.8 Å². The highest BCUT2D eigenvalue weighted by Crippen LogP contribution is 2.37. The second kappa shape index (κ2) is 8.60. The summed E-state index contributed by atoms with van der Waals surface area (Å²) in [5.74, 6) is 0.335. The van der Waals surface area contributed by atoms with Crippen LogP contribution in [0, 0.1) is 0 Å². The number of ether oxygens (including phenoxy) is 1. The molecule has 1 atom stereocenters. The molecule has 0 radical (unpaired) electrons. The summed E-state index contributed by atoms with van der Waals surface area (Å²) < 4.78 is 19.8. The molecule has 2 N–H and O–H groups in total. The summed E-state index contributed by atoms with van der Waals surface area (Å²) in [5, 5.41) is 3.14. The molecular weight excluding hydrogens is 413 g/mol. The van der Waals surface area contributed by atoms with Crippen molar-refractivity contribution in [2.75, 3.05) is 12.4 Å². The molecule has 0 aliphatic carbocycles. The number of hydrogen-bond donors (Lipinski definition) is 2. The maximum atomic E-state index is 13.1. The van der Waals surface area contributed by atoms with Crippen LogP contribution in [0.5, 0.6) is 5.75 Å². The first kappa shape index (κ1) is 20.6. The molecule has 0 spiro atoms. The smallest absolute Gasteiger partial charge is 0.293 e. The minimum Gasteiger partial charge on any atom is -0.497 e. The van der Waals surface area contributed by atoms with Crippen LogP contribution in [-0.2, 0) is 4.57 Å². The molecule has 8 heteroatoms. The van der Waals surface area contributed by atoms with Crippen LogP contribution < -0.4 is 20.9 Å². The minimum atomic E-state index is -3.86. The van der Waals surface area contributed by atoms with Gasteiger partial charge in [-0.1, -0.05) is 24.3 Å². The molecule has 0 aliphatic heterocycles. The predicted octanol–water partition coefficient (Wildman–Crippen LogP) is 3.35. The number of anilines is 1. The van der Waals surface area contributed by atoms with Crippen LogP contribution in [0.4, 0.5) is 5.69 Å². The van der Waals surface area contributed by atoms with Gasteiger partial charge in [0.2, 0.25) is 5.57 Å². The zero-order valence-corrected chi connectivity index (χ0v) is 17.6. The van der Waals surface area contributed by atoms with E-state index in [1.807, 2.05) is 0 Å². The number of benzene rings is 3. The first-order chi connectivity index (χ1) is 15.0. The number of nitrogens with one attached hydrogen (secondary N) is 1. The monoisotopic (exact) mass is 433 g/mol. The fourth-order valence-electron chi connectivity index (χ4n) is 3.14. The van der Waals surface area contributed by atoms with E-state index in [1.54, 1.807) is 96.7 Å². The van der Waals surface area contributed by atoms with Gasteiger partial charge in [-0.2, -0.15) is 0 Å². The number of imidazole rings is 1. The molecule has 4 rings (SSSR count). The van der Waals surface area contributed by atoms with Crippen LogP contribution in [0.2, 0.25) is 0 Å². The Morgan fingerprint density at radius 1 is 1.03 bits per heavy atom. The average Bonchev–Trinajstić information content (AvgIpc) is 3.31. The van der Waals surface area contributed by atoms with Gasteiger partial charge in [-0.25, -0.2) is 4.98 Å². The Kier molecular flexibility index (Phi) is 5.71. The number of carbonyl (C=O) groups is 1. The Morgan fingerprint density at radius 3 is 2.48 bits per heavy atom. The fourth-order valence-corrected chi connectivity index (χ4v) is 4.64. The van der Waals surface area contributed by atoms with Crippen molar-refractivity contribution in [2.45, 2.75) is 0 Å². The van der Waals surface area contributed by atoms with Crippen molar-refractivity contribution in [1.29, 1.82) is 0 Å². The summed E-state index contributed by atoms with van der Waals surface area (Å²) in [6.45, 7) is 0. The van der Waals surface area contributed by atoms with E-state index in [0.717, 1.165) is 0 Å². The van der Waals surface area contributed by atoms with Crippen LogP contribution in [0.15, 0.2) is 91.3 Å². The molecular formula is C23H20N3O4P. The van der Waals surface area contributed by atoms with Crippen molar-refractivity contribution in [2.24, 2.45) is 0 Å². The third kappa shape index (κ3) is 4.28. The highest BCUT2D eigenvalue weighted by atomic mass is 31.2. The molecule has 1 unspecified atom stereocenters. The molecule has 0 bridgehead atoms. The van der Waals surface area contributed by atoms with Crippen LogP contribution in [0.1, 0.15) is 10.4 Å². The van der Waals surface area contributed by atoms with E-state index in [1.165, 1.54) is 6.20 Å². The molecule has 156 valence electrons. The Labute approximate surface area is 179 Å². The number of aromatic nitrogens is 2. The Morgan fingerprint density at radius 2 is 1.77 bits per heavy atom. The molecule has 7 nitrogen and oxygen atoms in total. The molecule has 0 saturated carbocycles. The van der Waals surface area contributed by atoms with E-state index < -0.39 is 7.37 Å². The van der Waals surface area contributed by atoms with Gasteiger partial charge >= 0.3 is 0 Å². The summed E-state index contributed by atoms with van der Waals surface area (Å²) in [6.07, 6.45) is 3.12. The molecule has 1 aromatic heterocycles. The molecule has 1 amide bonds. The zero-order chi connectivity index (χ0) is 21.8. The molecule has 0 saturated heterocycles. The summed E-state index contributed by atoms with van der Waals surface area (Å²) in [4.78, 5) is 27.4. The highest BCUT2D eigenvalue weighted by molar-refractivity contribution is 7.73. The Hall–Kier alpha value is -3.67. The highest BCUT2D eigenvalue weighted by Gasteiger charge is 2.29. The fraction of sp³-hybridized carbons (Fsp3) is 0.0435. The maximum absolute atomic E-state index is 13.1. The van der Waals surface area contributed by atoms with Gasteiger partial charge in [-0.05, 0) is 54.6 Å². The lowest BCUT2D eigenvalue weighted by molar-refractivity contribution is 0.102. The Balaban J connectivity index is 1.56. The summed E-state index contributed by atoms with van der Waals surface area (Å²) in [5.41, 5.74) is 1.78. The maximum Gasteiger partial charge on any atom is 0.293 e. The number of carbonyl (C=O) groups excluding carboxylic acids is 1. The number of nitrogens with zero attached hydrogens (tertiary/aromatic N) is 2. The van der Waals surface area contributed by atoms with Crippen molar-refractivity contribution in [3.05, 3.63) is 96.8 Å². The van der Waals surface area contributed by atoms with E-state index in [-0.39, 0.29) is 11.5 Å². The van der Waals surface area contributed by atoms with Gasteiger partial charge in [0.05, 0.1) is 7.11 Å². The second-order valence-electron chi connectivity index (χ2n) is 6.74. The van der Waals surface area contributed by atoms with Gasteiger partial charge in [0.1, 0.15) is 5.75 Å². The zero-order valence-electron chi connectivity index (χ0n) is 16.7. The number of rotatable bonds is 6. The quantitative estimate of drug-likeness (QED) is 0.455. The summed E-state index contributed by atoms with van der Waals surface area (Å²) in [7, 11) is -2.32. The van der Waals surface area contributed by atoms with Crippen LogP contribution in [0.3, 0.4) is 0 Å². The van der Waals surface area contributed by atoms with Crippen molar-refractivity contribution < 1.29 is 19.0 Å². The molecule has 0 aliphatic rings. The lowest BCUT2D eigenvalue weighted by Gasteiger charge is -2.14. The van der Waals surface area contributed by atoms with Gasteiger partial charge in [-0.15, -0.1) is 0 Å². The van der Waals surface area contributed by atoms with E-state index in [2.05, 4.69) is 10.3 Å². The van der Waals surface area contributed by atoms with Gasteiger partial charge in [-0.3, -0.25) is 13.9 Å². The molecule has 31 heavy (non-hydrogen) atoms. The van der Waals surface area contributed by atoms with Gasteiger partial charge in [0, 0.05) is 34.6 Å². The molecule has 0 fully saturated rings. The lowest BCUT2D eigenvalue weighted by Crippen LogP contribution is -2.24. The minimum absolute atomic E-state index is 0.0619. The van der Waals surface area contributed by atoms with E-state index in [0.29, 0.717) is 28.0 Å². The summed E-state index contributed by atoms with van der Waals surface area (Å²) >= 11 is 0. The van der Waals surface area contributed by atoms with E-state index in [9.17, 15) is 14.3 Å². The third-order valence-electron chi connectivity index (χ3n) is 4.73. The molecule has 1 heterocycles. The van der Waals surface area contributed by atoms with Crippen molar-refractivity contribution in [1.82, 2.24) is 9.55 Å². The van der Waals surface area contributed by atoms with Gasteiger partial charge in [0.15, 0.2) is 0 Å². The number of hydrogen-bond acceptors (Lipinski definition) is 4. The summed E-state index contributed by atoms with van der Waals surface area (Å²) in [6, 6.07) is 22.2. The van der Waals surface area contributed by atoms with E-state index >= 15 is 0 Å². The third-order valence-corrected chi connectivity index (χ3v) is 6.60. The standard InChI is InChI=1S/C23H20N3O4P/c1-30-20-7-5-6-17(16-20)22(27)25-18-10-12-19(13-11-18)26-15-14-24-23(26)31(28,29)21-8-3-2-4-9-21/h2-16H,1H3,(H,25,27)(H,28,29). The van der Waals surface area contributed by atoms with Crippen LogP contribution in [0.25, 0.3) is 5.69 Å². The second-order valence-corrected chi connectivity index (χ2v) is 8.81. The van der Waals surface area contributed by atoms with Crippen molar-refractivity contribution in [3.63, 3.8) is 0 Å². The van der Waals surface area contributed by atoms with Crippen molar-refractivity contribution in [3.8, 4) is 11.4 Å². The van der Waals surface area contributed by atoms with Crippen LogP contribution >= 0.6 is 7.37 Å². The first-order valence-corrected chi connectivity index (χ1v) is 11.1. The van der Waals surface area contributed by atoms with Gasteiger partial charge in [0.25, 0.3) is 13.3 Å². The van der Waals surface area contributed by atoms with Gasteiger partial charge < -0.3 is 14.9 Å². The first-order valence-electron chi connectivity index (χ1n) is 9.47. The number of amides is 1. The molecule has 4 aromatic rings.